The number of nitrogens with zero attached hydrogens (tertiary/aromatic N) is 3. The van der Waals surface area contributed by atoms with Gasteiger partial charge in [0, 0.05) is 25.0 Å². The van der Waals surface area contributed by atoms with Crippen LogP contribution in [0.3, 0.4) is 0 Å². The number of rotatable bonds is 3. The van der Waals surface area contributed by atoms with Gasteiger partial charge in [-0.1, -0.05) is 0 Å². The summed E-state index contributed by atoms with van der Waals surface area (Å²) in [4.78, 5) is 9.03. The lowest BCUT2D eigenvalue weighted by Gasteiger charge is -2.34. The van der Waals surface area contributed by atoms with Crippen LogP contribution >= 0.6 is 0 Å². The van der Waals surface area contributed by atoms with Crippen LogP contribution in [-0.4, -0.2) is 54.6 Å². The molecule has 1 aliphatic rings. The van der Waals surface area contributed by atoms with Crippen LogP contribution in [0.25, 0.3) is 0 Å². The van der Waals surface area contributed by atoms with Gasteiger partial charge in [0.2, 0.25) is 0 Å². The van der Waals surface area contributed by atoms with E-state index in [4.69, 9.17) is 5.84 Å². The number of likely N-dealkylation sites (N-methyl/N-ethyl adjacent to an activating group) is 2. The molecule has 5 heteroatoms. The summed E-state index contributed by atoms with van der Waals surface area (Å²) in [6.45, 7) is 5.37. The van der Waals surface area contributed by atoms with Crippen LogP contribution in [0.1, 0.15) is 23.6 Å². The summed E-state index contributed by atoms with van der Waals surface area (Å²) in [6.07, 6.45) is 4.96. The number of hydrogen-bond donors (Lipinski definition) is 2. The molecule has 106 valence electrons. The number of nitrogens with one attached hydrogen (secondary N) is 1. The molecule has 2 heterocycles. The number of pyridine rings is 1. The van der Waals surface area contributed by atoms with Crippen LogP contribution in [0.4, 0.5) is 0 Å². The normalized spacial score (nSPS) is 24.1. The average molecular weight is 263 g/mol. The fraction of sp³-hybridized carbons (Fsp3) is 0.643. The fourth-order valence-electron chi connectivity index (χ4n) is 2.88. The van der Waals surface area contributed by atoms with Gasteiger partial charge in [0.05, 0.1) is 6.04 Å². The molecule has 0 bridgehead atoms. The van der Waals surface area contributed by atoms with Gasteiger partial charge in [-0.2, -0.15) is 0 Å². The topological polar surface area (TPSA) is 57.4 Å². The monoisotopic (exact) mass is 263 g/mol. The van der Waals surface area contributed by atoms with Crippen molar-refractivity contribution < 1.29 is 0 Å². The minimum absolute atomic E-state index is 0.110. The second-order valence-corrected chi connectivity index (χ2v) is 5.54. The molecule has 5 nitrogen and oxygen atoms in total. The Balaban J connectivity index is 2.27. The molecule has 0 aromatic carbocycles. The first-order valence-electron chi connectivity index (χ1n) is 6.89. The highest BCUT2D eigenvalue weighted by atomic mass is 15.3. The van der Waals surface area contributed by atoms with Gasteiger partial charge in [0.25, 0.3) is 0 Å². The molecule has 1 aromatic heterocycles. The van der Waals surface area contributed by atoms with Gasteiger partial charge in [-0.25, -0.2) is 0 Å². The van der Waals surface area contributed by atoms with Crippen LogP contribution in [0.2, 0.25) is 0 Å². The third kappa shape index (κ3) is 3.30. The van der Waals surface area contributed by atoms with E-state index in [1.54, 1.807) is 0 Å². The lowest BCUT2D eigenvalue weighted by molar-refractivity contribution is 0.178. The second kappa shape index (κ2) is 6.43. The van der Waals surface area contributed by atoms with E-state index in [9.17, 15) is 0 Å². The second-order valence-electron chi connectivity index (χ2n) is 5.54. The molecule has 0 saturated carbocycles. The number of hydrazine groups is 1. The molecule has 0 spiro atoms. The van der Waals surface area contributed by atoms with Crippen molar-refractivity contribution in [1.29, 1.82) is 0 Å². The van der Waals surface area contributed by atoms with Crippen molar-refractivity contribution in [1.82, 2.24) is 20.2 Å². The van der Waals surface area contributed by atoms with Gasteiger partial charge in [-0.3, -0.25) is 16.3 Å². The molecule has 0 amide bonds. The summed E-state index contributed by atoms with van der Waals surface area (Å²) in [5.74, 6) is 5.84. The number of aryl methyl sites for hydroxylation is 1. The highest BCUT2D eigenvalue weighted by molar-refractivity contribution is 5.26. The van der Waals surface area contributed by atoms with Crippen molar-refractivity contribution >= 4 is 0 Å². The molecule has 1 saturated heterocycles. The third-order valence-corrected chi connectivity index (χ3v) is 4.09. The Morgan fingerprint density at radius 1 is 1.42 bits per heavy atom. The maximum atomic E-state index is 5.84. The lowest BCUT2D eigenvalue weighted by Crippen LogP contribution is -2.49. The molecule has 1 fully saturated rings. The Labute approximate surface area is 115 Å². The van der Waals surface area contributed by atoms with E-state index in [0.29, 0.717) is 6.04 Å². The molecule has 1 aromatic rings. The summed E-state index contributed by atoms with van der Waals surface area (Å²) >= 11 is 0. The van der Waals surface area contributed by atoms with Crippen molar-refractivity contribution in [2.45, 2.75) is 25.4 Å². The molecule has 0 radical (unpaired) electrons. The van der Waals surface area contributed by atoms with Gasteiger partial charge in [-0.05, 0) is 57.7 Å². The predicted octanol–water partition coefficient (Wildman–Crippen LogP) is 0.530. The predicted molar refractivity (Wildman–Crippen MR) is 77.6 cm³/mol. The lowest BCUT2D eigenvalue weighted by atomic mass is 9.96. The minimum atomic E-state index is 0.110. The Hall–Kier alpha value is -1.01. The largest absolute Gasteiger partial charge is 0.305 e. The highest BCUT2D eigenvalue weighted by Gasteiger charge is 2.29. The van der Waals surface area contributed by atoms with E-state index in [1.165, 1.54) is 17.5 Å². The van der Waals surface area contributed by atoms with Crippen LogP contribution in [0.5, 0.6) is 0 Å². The maximum absolute atomic E-state index is 5.84. The highest BCUT2D eigenvalue weighted by Crippen LogP contribution is 2.24. The Morgan fingerprint density at radius 2 is 2.21 bits per heavy atom. The first-order valence-corrected chi connectivity index (χ1v) is 6.89. The van der Waals surface area contributed by atoms with Crippen molar-refractivity contribution in [3.05, 3.63) is 29.6 Å². The van der Waals surface area contributed by atoms with E-state index < -0.39 is 0 Å². The average Bonchev–Trinajstić information content (AvgIpc) is 2.55. The van der Waals surface area contributed by atoms with Gasteiger partial charge in [-0.15, -0.1) is 0 Å². The van der Waals surface area contributed by atoms with Crippen LogP contribution in [-0.2, 0) is 0 Å². The molecular formula is C14H25N5. The fourth-order valence-corrected chi connectivity index (χ4v) is 2.88. The standard InChI is InChI=1S/C14H25N5/c1-11-5-6-16-9-12(11)14(17-15)13-10-18(2)7-4-8-19(13)3/h5-6,9,13-14,17H,4,7-8,10,15H2,1-3H3. The zero-order valence-electron chi connectivity index (χ0n) is 12.1. The van der Waals surface area contributed by atoms with E-state index in [0.717, 1.165) is 19.6 Å². The summed E-state index contributed by atoms with van der Waals surface area (Å²) in [7, 11) is 4.36. The molecule has 1 aliphatic heterocycles. The number of aromatic nitrogens is 1. The van der Waals surface area contributed by atoms with Crippen molar-refractivity contribution in [2.24, 2.45) is 5.84 Å². The SMILES string of the molecule is Cc1ccncc1C(NN)C1CN(C)CCCN1C. The van der Waals surface area contributed by atoms with Crippen molar-refractivity contribution in [3.63, 3.8) is 0 Å². The molecule has 2 rings (SSSR count). The van der Waals surface area contributed by atoms with Crippen molar-refractivity contribution in [3.8, 4) is 0 Å². The molecular weight excluding hydrogens is 238 g/mol. The van der Waals surface area contributed by atoms with Gasteiger partial charge < -0.3 is 9.80 Å². The maximum Gasteiger partial charge on any atom is 0.0645 e. The Morgan fingerprint density at radius 3 is 2.89 bits per heavy atom. The Kier molecular flexibility index (Phi) is 4.87. The van der Waals surface area contributed by atoms with Crippen LogP contribution in [0.15, 0.2) is 18.5 Å². The van der Waals surface area contributed by atoms with Crippen LogP contribution in [0, 0.1) is 6.92 Å². The first kappa shape index (κ1) is 14.4. The van der Waals surface area contributed by atoms with Gasteiger partial charge >= 0.3 is 0 Å². The summed E-state index contributed by atoms with van der Waals surface area (Å²) in [6, 6.07) is 2.51. The smallest absolute Gasteiger partial charge is 0.0645 e. The molecule has 3 N–H and O–H groups in total. The van der Waals surface area contributed by atoms with Gasteiger partial charge in [0.15, 0.2) is 0 Å². The first-order chi connectivity index (χ1) is 9.13. The third-order valence-electron chi connectivity index (χ3n) is 4.09. The van der Waals surface area contributed by atoms with E-state index in [1.807, 2.05) is 18.5 Å². The Bertz CT molecular complexity index is 409. The zero-order valence-corrected chi connectivity index (χ0v) is 12.1. The van der Waals surface area contributed by atoms with Crippen LogP contribution < -0.4 is 11.3 Å². The molecule has 0 aliphatic carbocycles. The van der Waals surface area contributed by atoms with E-state index in [-0.39, 0.29) is 6.04 Å². The molecule has 19 heavy (non-hydrogen) atoms. The van der Waals surface area contributed by atoms with Crippen molar-refractivity contribution in [2.75, 3.05) is 33.7 Å². The van der Waals surface area contributed by atoms with E-state index >= 15 is 0 Å². The zero-order chi connectivity index (χ0) is 13.8. The number of nitrogens with two attached hydrogens (primary N) is 1. The van der Waals surface area contributed by atoms with Gasteiger partial charge in [0.1, 0.15) is 0 Å². The minimum Gasteiger partial charge on any atom is -0.305 e. The molecule has 2 atom stereocenters. The summed E-state index contributed by atoms with van der Waals surface area (Å²) < 4.78 is 0. The quantitative estimate of drug-likeness (QED) is 0.615. The van der Waals surface area contributed by atoms with E-state index in [2.05, 4.69) is 41.2 Å². The number of hydrogen-bond acceptors (Lipinski definition) is 5. The summed E-state index contributed by atoms with van der Waals surface area (Å²) in [5.41, 5.74) is 5.43. The summed E-state index contributed by atoms with van der Waals surface area (Å²) in [5, 5.41) is 0. The molecule has 2 unspecified atom stereocenters.